The summed E-state index contributed by atoms with van der Waals surface area (Å²) in [6.07, 6.45) is 9.13. The predicted octanol–water partition coefficient (Wildman–Crippen LogP) is 1.63. The number of allylic oxidation sites excluding steroid dienone is 3. The van der Waals surface area contributed by atoms with Gasteiger partial charge >= 0.3 is 5.97 Å². The number of hydrogen-bond acceptors (Lipinski definition) is 2. The van der Waals surface area contributed by atoms with Gasteiger partial charge in [-0.15, -0.1) is 0 Å². The molecule has 88 valence electrons. The smallest absolute Gasteiger partial charge is 0.305 e. The van der Waals surface area contributed by atoms with E-state index in [9.17, 15) is 9.59 Å². The van der Waals surface area contributed by atoms with Crippen LogP contribution in [0.3, 0.4) is 0 Å². The van der Waals surface area contributed by atoms with Crippen molar-refractivity contribution < 1.29 is 14.7 Å². The van der Waals surface area contributed by atoms with Crippen LogP contribution in [-0.4, -0.2) is 22.5 Å². The highest BCUT2D eigenvalue weighted by Gasteiger charge is 2.39. The van der Waals surface area contributed by atoms with Crippen molar-refractivity contribution in [2.45, 2.75) is 38.1 Å². The Kier molecular flexibility index (Phi) is 4.28. The second-order valence-corrected chi connectivity index (χ2v) is 4.08. The quantitative estimate of drug-likeness (QED) is 0.550. The van der Waals surface area contributed by atoms with Crippen LogP contribution in [0.5, 0.6) is 0 Å². The van der Waals surface area contributed by atoms with E-state index in [-0.39, 0.29) is 12.3 Å². The lowest BCUT2D eigenvalue weighted by atomic mass is 9.74. The number of carboxylic acid groups (broad SMARTS) is 1. The first kappa shape index (κ1) is 12.5. The Hall–Kier alpha value is -1.58. The van der Waals surface area contributed by atoms with Crippen LogP contribution in [0.15, 0.2) is 24.3 Å². The van der Waals surface area contributed by atoms with E-state index >= 15 is 0 Å². The summed E-state index contributed by atoms with van der Waals surface area (Å²) in [4.78, 5) is 22.2. The summed E-state index contributed by atoms with van der Waals surface area (Å²) < 4.78 is 0. The van der Waals surface area contributed by atoms with Crippen molar-refractivity contribution in [1.82, 2.24) is 5.32 Å². The zero-order valence-corrected chi connectivity index (χ0v) is 9.40. The van der Waals surface area contributed by atoms with Crippen LogP contribution >= 0.6 is 0 Å². The zero-order chi connectivity index (χ0) is 12.0. The Morgan fingerprint density at radius 1 is 1.38 bits per heavy atom. The normalized spacial score (nSPS) is 18.6. The van der Waals surface area contributed by atoms with Crippen molar-refractivity contribution in [2.75, 3.05) is 0 Å². The topological polar surface area (TPSA) is 66.4 Å². The summed E-state index contributed by atoms with van der Waals surface area (Å²) in [5.41, 5.74) is -0.511. The first-order valence-electron chi connectivity index (χ1n) is 5.41. The fourth-order valence-corrected chi connectivity index (χ4v) is 1.80. The van der Waals surface area contributed by atoms with Crippen LogP contribution in [0, 0.1) is 0 Å². The highest BCUT2D eigenvalue weighted by atomic mass is 16.4. The van der Waals surface area contributed by atoms with Crippen LogP contribution in [-0.2, 0) is 9.59 Å². The molecular weight excluding hydrogens is 206 g/mol. The molecule has 0 aliphatic heterocycles. The van der Waals surface area contributed by atoms with Gasteiger partial charge in [-0.05, 0) is 26.2 Å². The Morgan fingerprint density at radius 3 is 2.50 bits per heavy atom. The van der Waals surface area contributed by atoms with Gasteiger partial charge in [0.05, 0.1) is 12.0 Å². The van der Waals surface area contributed by atoms with Gasteiger partial charge in [0.15, 0.2) is 0 Å². The van der Waals surface area contributed by atoms with Crippen LogP contribution in [0.25, 0.3) is 0 Å². The summed E-state index contributed by atoms with van der Waals surface area (Å²) in [5, 5.41) is 11.5. The zero-order valence-electron chi connectivity index (χ0n) is 9.40. The fourth-order valence-electron chi connectivity index (χ4n) is 1.80. The molecule has 4 nitrogen and oxygen atoms in total. The molecule has 16 heavy (non-hydrogen) atoms. The van der Waals surface area contributed by atoms with Crippen molar-refractivity contribution in [1.29, 1.82) is 0 Å². The average Bonchev–Trinajstić information content (AvgIpc) is 2.14. The summed E-state index contributed by atoms with van der Waals surface area (Å²) in [6, 6.07) is 0. The summed E-state index contributed by atoms with van der Waals surface area (Å²) >= 11 is 0. The van der Waals surface area contributed by atoms with E-state index in [0.717, 1.165) is 19.3 Å². The minimum atomic E-state index is -0.863. The molecule has 1 aliphatic rings. The molecule has 1 rings (SSSR count). The van der Waals surface area contributed by atoms with E-state index in [4.69, 9.17) is 5.11 Å². The Labute approximate surface area is 95.0 Å². The maximum absolute atomic E-state index is 11.5. The van der Waals surface area contributed by atoms with E-state index in [1.165, 1.54) is 6.08 Å². The van der Waals surface area contributed by atoms with Gasteiger partial charge in [-0.2, -0.15) is 0 Å². The third-order valence-electron chi connectivity index (χ3n) is 2.74. The first-order chi connectivity index (χ1) is 7.58. The molecule has 1 aliphatic carbocycles. The maximum atomic E-state index is 11.5. The highest BCUT2D eigenvalue weighted by Crippen LogP contribution is 2.34. The van der Waals surface area contributed by atoms with Gasteiger partial charge in [0, 0.05) is 6.08 Å². The molecule has 0 atom stereocenters. The number of nitrogens with one attached hydrogen (secondary N) is 1. The van der Waals surface area contributed by atoms with Crippen LogP contribution in [0.4, 0.5) is 0 Å². The number of rotatable bonds is 5. The Bertz CT molecular complexity index is 327. The lowest BCUT2D eigenvalue weighted by molar-refractivity contribution is -0.140. The summed E-state index contributed by atoms with van der Waals surface area (Å²) in [6.45, 7) is 1.86. The van der Waals surface area contributed by atoms with E-state index in [0.29, 0.717) is 0 Å². The molecule has 0 bridgehead atoms. The molecule has 0 radical (unpaired) electrons. The van der Waals surface area contributed by atoms with E-state index in [2.05, 4.69) is 5.32 Å². The van der Waals surface area contributed by atoms with Gasteiger partial charge < -0.3 is 10.4 Å². The fraction of sp³-hybridized carbons (Fsp3) is 0.500. The first-order valence-corrected chi connectivity index (χ1v) is 5.41. The molecule has 0 aromatic rings. The molecule has 1 amide bonds. The third kappa shape index (κ3) is 3.53. The molecule has 0 unspecified atom stereocenters. The largest absolute Gasteiger partial charge is 0.481 e. The number of carbonyl (C=O) groups excluding carboxylic acids is 1. The van der Waals surface area contributed by atoms with Crippen LogP contribution in [0.1, 0.15) is 32.6 Å². The molecule has 0 aromatic heterocycles. The molecule has 0 saturated heterocycles. The van der Waals surface area contributed by atoms with Crippen LogP contribution in [0.2, 0.25) is 0 Å². The van der Waals surface area contributed by atoms with Gasteiger partial charge in [-0.1, -0.05) is 18.2 Å². The van der Waals surface area contributed by atoms with Crippen molar-refractivity contribution in [3.05, 3.63) is 24.3 Å². The van der Waals surface area contributed by atoms with E-state index < -0.39 is 11.5 Å². The van der Waals surface area contributed by atoms with Crippen molar-refractivity contribution >= 4 is 11.9 Å². The molecule has 1 fully saturated rings. The minimum absolute atomic E-state index is 0.0101. The van der Waals surface area contributed by atoms with Crippen LogP contribution < -0.4 is 5.32 Å². The van der Waals surface area contributed by atoms with E-state index in [1.807, 2.05) is 13.0 Å². The Balaban J connectivity index is 2.50. The second kappa shape index (κ2) is 5.49. The lowest BCUT2D eigenvalue weighted by Gasteiger charge is -2.41. The monoisotopic (exact) mass is 223 g/mol. The SMILES string of the molecule is CC=CC=CC(=O)NC1(CC(=O)O)CCC1. The van der Waals surface area contributed by atoms with Gasteiger partial charge in [0.2, 0.25) is 5.91 Å². The van der Waals surface area contributed by atoms with E-state index in [1.54, 1.807) is 12.2 Å². The average molecular weight is 223 g/mol. The standard InChI is InChI=1S/C12H17NO3/c1-2-3-4-6-10(14)13-12(7-5-8-12)9-11(15)16/h2-4,6H,5,7-9H2,1H3,(H,13,14)(H,15,16). The lowest BCUT2D eigenvalue weighted by Crippen LogP contribution is -2.54. The summed E-state index contributed by atoms with van der Waals surface area (Å²) in [5.74, 6) is -1.09. The molecule has 1 saturated carbocycles. The number of amides is 1. The number of aliphatic carboxylic acids is 1. The molecule has 0 heterocycles. The van der Waals surface area contributed by atoms with Gasteiger partial charge in [0.1, 0.15) is 0 Å². The number of carboxylic acids is 1. The predicted molar refractivity (Wildman–Crippen MR) is 60.9 cm³/mol. The number of hydrogen-bond donors (Lipinski definition) is 2. The summed E-state index contributed by atoms with van der Waals surface area (Å²) in [7, 11) is 0. The number of carbonyl (C=O) groups is 2. The van der Waals surface area contributed by atoms with Crippen molar-refractivity contribution in [3.63, 3.8) is 0 Å². The minimum Gasteiger partial charge on any atom is -0.481 e. The molecule has 2 N–H and O–H groups in total. The molecule has 4 heteroatoms. The second-order valence-electron chi connectivity index (χ2n) is 4.08. The maximum Gasteiger partial charge on any atom is 0.305 e. The van der Waals surface area contributed by atoms with Gasteiger partial charge in [0.25, 0.3) is 0 Å². The van der Waals surface area contributed by atoms with Crippen molar-refractivity contribution in [3.8, 4) is 0 Å². The highest BCUT2D eigenvalue weighted by molar-refractivity contribution is 5.89. The molecule has 0 aromatic carbocycles. The van der Waals surface area contributed by atoms with Gasteiger partial charge in [-0.25, -0.2) is 0 Å². The molecule has 0 spiro atoms. The molecular formula is C12H17NO3. The van der Waals surface area contributed by atoms with Crippen molar-refractivity contribution in [2.24, 2.45) is 0 Å². The third-order valence-corrected chi connectivity index (χ3v) is 2.74. The van der Waals surface area contributed by atoms with Gasteiger partial charge in [-0.3, -0.25) is 9.59 Å². The Morgan fingerprint density at radius 2 is 2.06 bits per heavy atom.